The van der Waals surface area contributed by atoms with Gasteiger partial charge in [0.2, 0.25) is 0 Å². The summed E-state index contributed by atoms with van der Waals surface area (Å²) in [5.41, 5.74) is 0.104. The molecule has 0 saturated heterocycles. The zero-order chi connectivity index (χ0) is 19.3. The summed E-state index contributed by atoms with van der Waals surface area (Å²) >= 11 is 0. The second-order valence-corrected chi connectivity index (χ2v) is 8.30. The topological polar surface area (TPSA) is 119 Å². The lowest BCUT2D eigenvalue weighted by molar-refractivity contribution is -0.127. The van der Waals surface area contributed by atoms with Gasteiger partial charge in [-0.25, -0.2) is 18.0 Å². The van der Waals surface area contributed by atoms with Crippen molar-refractivity contribution in [1.82, 2.24) is 10.6 Å². The number of rotatable bonds is 5. The highest BCUT2D eigenvalue weighted by molar-refractivity contribution is 7.90. The molecular formula is C17H22N2O6S. The number of esters is 1. The molecule has 2 rings (SSSR count). The first kappa shape index (κ1) is 19.9. The van der Waals surface area contributed by atoms with Crippen molar-refractivity contribution in [1.29, 1.82) is 0 Å². The van der Waals surface area contributed by atoms with E-state index in [0.29, 0.717) is 0 Å². The highest BCUT2D eigenvalue weighted by Crippen LogP contribution is 2.17. The molecule has 0 aliphatic heterocycles. The van der Waals surface area contributed by atoms with Gasteiger partial charge in [0.05, 0.1) is 10.5 Å². The summed E-state index contributed by atoms with van der Waals surface area (Å²) in [4.78, 5) is 35.8. The smallest absolute Gasteiger partial charge is 0.338 e. The van der Waals surface area contributed by atoms with E-state index in [0.717, 1.165) is 31.9 Å². The maximum Gasteiger partial charge on any atom is 0.338 e. The van der Waals surface area contributed by atoms with E-state index in [-0.39, 0.29) is 16.5 Å². The Kier molecular flexibility index (Phi) is 6.36. The molecule has 1 aliphatic carbocycles. The molecule has 1 aromatic rings. The number of nitrogens with one attached hydrogen (secondary N) is 2. The molecule has 1 fully saturated rings. The number of carbonyl (C=O) groups excluding carboxylic acids is 3. The van der Waals surface area contributed by atoms with Crippen LogP contribution in [0.1, 0.15) is 43.0 Å². The molecule has 3 amide bonds. The Balaban J connectivity index is 1.87. The number of hydrogen-bond donors (Lipinski definition) is 2. The lowest BCUT2D eigenvalue weighted by atomic mass is 10.2. The van der Waals surface area contributed by atoms with Crippen LogP contribution in [0, 0.1) is 0 Å². The van der Waals surface area contributed by atoms with Gasteiger partial charge < -0.3 is 10.1 Å². The summed E-state index contributed by atoms with van der Waals surface area (Å²) in [7, 11) is -3.37. The van der Waals surface area contributed by atoms with Gasteiger partial charge in [-0.1, -0.05) is 12.8 Å². The fourth-order valence-electron chi connectivity index (χ4n) is 2.63. The van der Waals surface area contributed by atoms with Crippen LogP contribution in [0.3, 0.4) is 0 Å². The van der Waals surface area contributed by atoms with Crippen LogP contribution in [0.2, 0.25) is 0 Å². The zero-order valence-electron chi connectivity index (χ0n) is 14.7. The minimum Gasteiger partial charge on any atom is -0.449 e. The van der Waals surface area contributed by atoms with Crippen molar-refractivity contribution in [3.8, 4) is 0 Å². The zero-order valence-corrected chi connectivity index (χ0v) is 15.5. The van der Waals surface area contributed by atoms with E-state index in [9.17, 15) is 22.8 Å². The quantitative estimate of drug-likeness (QED) is 0.743. The molecule has 8 nitrogen and oxygen atoms in total. The van der Waals surface area contributed by atoms with Gasteiger partial charge in [0, 0.05) is 12.3 Å². The van der Waals surface area contributed by atoms with Crippen molar-refractivity contribution in [2.24, 2.45) is 0 Å². The summed E-state index contributed by atoms with van der Waals surface area (Å²) in [6.07, 6.45) is 3.75. The normalized spacial score (nSPS) is 15.9. The minimum atomic E-state index is -3.37. The first-order valence-corrected chi connectivity index (χ1v) is 10.2. The summed E-state index contributed by atoms with van der Waals surface area (Å²) in [5, 5.41) is 4.85. The molecule has 1 atom stereocenters. The molecular weight excluding hydrogens is 360 g/mol. The van der Waals surface area contributed by atoms with E-state index in [1.54, 1.807) is 0 Å². The van der Waals surface area contributed by atoms with Crippen LogP contribution in [-0.2, 0) is 19.4 Å². The molecule has 1 aliphatic rings. The number of imide groups is 1. The van der Waals surface area contributed by atoms with Crippen LogP contribution in [-0.4, -0.2) is 44.7 Å². The molecule has 0 unspecified atom stereocenters. The summed E-state index contributed by atoms with van der Waals surface area (Å²) in [6, 6.07) is 4.63. The number of benzene rings is 1. The Hall–Kier alpha value is -2.42. The van der Waals surface area contributed by atoms with Crippen LogP contribution in [0.15, 0.2) is 29.2 Å². The SMILES string of the molecule is C[C@H](OC(=O)c1ccc(S(C)(=O)=O)cc1)C(=O)NC(=O)NC1CCCC1. The average molecular weight is 382 g/mol. The molecule has 0 bridgehead atoms. The van der Waals surface area contributed by atoms with E-state index < -0.39 is 33.8 Å². The van der Waals surface area contributed by atoms with E-state index in [2.05, 4.69) is 10.6 Å². The van der Waals surface area contributed by atoms with Crippen LogP contribution >= 0.6 is 0 Å². The molecule has 0 heterocycles. The van der Waals surface area contributed by atoms with Gasteiger partial charge in [-0.2, -0.15) is 0 Å². The van der Waals surface area contributed by atoms with E-state index in [1.807, 2.05) is 0 Å². The third-order valence-electron chi connectivity index (χ3n) is 4.10. The Morgan fingerprint density at radius 3 is 2.23 bits per heavy atom. The largest absolute Gasteiger partial charge is 0.449 e. The van der Waals surface area contributed by atoms with Crippen molar-refractivity contribution < 1.29 is 27.5 Å². The third kappa shape index (κ3) is 5.55. The number of amides is 3. The molecule has 0 aromatic heterocycles. The van der Waals surface area contributed by atoms with Gasteiger partial charge in [-0.05, 0) is 44.0 Å². The Morgan fingerprint density at radius 1 is 1.12 bits per heavy atom. The summed E-state index contributed by atoms with van der Waals surface area (Å²) < 4.78 is 27.8. The van der Waals surface area contributed by atoms with Gasteiger partial charge >= 0.3 is 12.0 Å². The monoisotopic (exact) mass is 382 g/mol. The van der Waals surface area contributed by atoms with Crippen molar-refractivity contribution >= 4 is 27.7 Å². The van der Waals surface area contributed by atoms with E-state index in [4.69, 9.17) is 4.74 Å². The second-order valence-electron chi connectivity index (χ2n) is 6.29. The fourth-order valence-corrected chi connectivity index (χ4v) is 3.26. The molecule has 9 heteroatoms. The number of hydrogen-bond acceptors (Lipinski definition) is 6. The van der Waals surface area contributed by atoms with Crippen LogP contribution in [0.5, 0.6) is 0 Å². The molecule has 0 spiro atoms. The van der Waals surface area contributed by atoms with Gasteiger partial charge in [0.25, 0.3) is 5.91 Å². The van der Waals surface area contributed by atoms with Gasteiger partial charge in [-0.3, -0.25) is 10.1 Å². The Bertz CT molecular complexity index is 782. The predicted octanol–water partition coefficient (Wildman–Crippen LogP) is 1.40. The van der Waals surface area contributed by atoms with E-state index >= 15 is 0 Å². The van der Waals surface area contributed by atoms with E-state index in [1.165, 1.54) is 31.2 Å². The standard InChI is InChI=1S/C17H22N2O6S/c1-11(15(20)19-17(22)18-13-5-3-4-6-13)25-16(21)12-7-9-14(10-8-12)26(2,23)24/h7-11,13H,3-6H2,1-2H3,(H2,18,19,20,22)/t11-/m0/s1. The third-order valence-corrected chi connectivity index (χ3v) is 5.23. The van der Waals surface area contributed by atoms with Gasteiger partial charge in [0.15, 0.2) is 15.9 Å². The minimum absolute atomic E-state index is 0.0639. The van der Waals surface area contributed by atoms with Crippen molar-refractivity contribution in [2.75, 3.05) is 6.26 Å². The first-order valence-electron chi connectivity index (χ1n) is 8.29. The molecule has 0 radical (unpaired) electrons. The molecule has 142 valence electrons. The van der Waals surface area contributed by atoms with Crippen molar-refractivity contribution in [3.05, 3.63) is 29.8 Å². The first-order chi connectivity index (χ1) is 12.2. The van der Waals surface area contributed by atoms with Gasteiger partial charge in [-0.15, -0.1) is 0 Å². The predicted molar refractivity (Wildman–Crippen MR) is 93.4 cm³/mol. The second kappa shape index (κ2) is 8.31. The fraction of sp³-hybridized carbons (Fsp3) is 0.471. The Labute approximate surface area is 152 Å². The number of ether oxygens (including phenoxy) is 1. The lowest BCUT2D eigenvalue weighted by Crippen LogP contribution is -2.47. The summed E-state index contributed by atoms with van der Waals surface area (Å²) in [5.74, 6) is -1.52. The molecule has 26 heavy (non-hydrogen) atoms. The highest BCUT2D eigenvalue weighted by atomic mass is 32.2. The lowest BCUT2D eigenvalue weighted by Gasteiger charge is -2.15. The van der Waals surface area contributed by atoms with Crippen molar-refractivity contribution in [3.63, 3.8) is 0 Å². The number of carbonyl (C=O) groups is 3. The van der Waals surface area contributed by atoms with Crippen molar-refractivity contribution in [2.45, 2.75) is 49.6 Å². The van der Waals surface area contributed by atoms with Gasteiger partial charge in [0.1, 0.15) is 0 Å². The van der Waals surface area contributed by atoms with Crippen LogP contribution < -0.4 is 10.6 Å². The van der Waals surface area contributed by atoms with Crippen LogP contribution in [0.25, 0.3) is 0 Å². The maximum atomic E-state index is 12.0. The summed E-state index contributed by atoms with van der Waals surface area (Å²) in [6.45, 7) is 1.35. The molecule has 1 saturated carbocycles. The highest BCUT2D eigenvalue weighted by Gasteiger charge is 2.23. The molecule has 2 N–H and O–H groups in total. The number of urea groups is 1. The molecule has 1 aromatic carbocycles. The van der Waals surface area contributed by atoms with Crippen LogP contribution in [0.4, 0.5) is 4.79 Å². The Morgan fingerprint density at radius 2 is 1.69 bits per heavy atom. The average Bonchev–Trinajstić information content (AvgIpc) is 3.06. The number of sulfone groups is 1. The maximum absolute atomic E-state index is 12.0.